The summed E-state index contributed by atoms with van der Waals surface area (Å²) in [4.78, 5) is 30.2. The van der Waals surface area contributed by atoms with Gasteiger partial charge in [-0.2, -0.15) is 0 Å². The Morgan fingerprint density at radius 1 is 0.356 bits per heavy atom. The van der Waals surface area contributed by atoms with Gasteiger partial charge in [0, 0.05) is 138 Å². The van der Waals surface area contributed by atoms with Gasteiger partial charge in [0.2, 0.25) is 0 Å². The van der Waals surface area contributed by atoms with E-state index in [1.54, 1.807) is 0 Å². The van der Waals surface area contributed by atoms with E-state index in [-0.39, 0.29) is 0 Å². The maximum atomic E-state index is 7.55. The SMILES string of the molecule is CC1C=C(n2c3ccncc3c3cc(-c4cc(-c5ccc6c(c5)c5cnccc5n6-c5ccccc5)nc5c4oc4c(-c6ccc7c(c6)c6cnccc6n7-c6ccccc6)cc(-c6ccc7c(c6)c6cnccc6n7-c6ccccc6)nc45)ccc32)C=CC1. The van der Waals surface area contributed by atoms with E-state index in [0.29, 0.717) is 28.1 Å². The molecule has 0 amide bonds. The topological polar surface area (TPSA) is 110 Å². The van der Waals surface area contributed by atoms with Gasteiger partial charge in [0.25, 0.3) is 0 Å². The number of para-hydroxylation sites is 3. The quantitative estimate of drug-likeness (QED) is 0.149. The molecule has 0 aliphatic heterocycles. The fourth-order valence-corrected chi connectivity index (χ4v) is 14.4. The average molecular weight is 1160 g/mol. The van der Waals surface area contributed by atoms with Gasteiger partial charge in [-0.3, -0.25) is 19.9 Å². The van der Waals surface area contributed by atoms with Crippen molar-refractivity contribution in [3.05, 3.63) is 268 Å². The highest BCUT2D eigenvalue weighted by Crippen LogP contribution is 2.46. The van der Waals surface area contributed by atoms with E-state index in [9.17, 15) is 0 Å². The van der Waals surface area contributed by atoms with Gasteiger partial charge >= 0.3 is 0 Å². The van der Waals surface area contributed by atoms with Crippen molar-refractivity contribution in [2.75, 3.05) is 0 Å². The summed E-state index contributed by atoms with van der Waals surface area (Å²) in [6.07, 6.45) is 23.3. The summed E-state index contributed by atoms with van der Waals surface area (Å²) in [5, 5.41) is 8.52. The second-order valence-corrected chi connectivity index (χ2v) is 23.6. The molecule has 0 saturated carbocycles. The molecular weight excluding hydrogens is 1100 g/mol. The van der Waals surface area contributed by atoms with E-state index < -0.39 is 0 Å². The molecule has 422 valence electrons. The Kier molecular flexibility index (Phi) is 10.8. The molecule has 1 aliphatic rings. The predicted molar refractivity (Wildman–Crippen MR) is 365 cm³/mol. The van der Waals surface area contributed by atoms with Crippen LogP contribution in [-0.4, -0.2) is 48.2 Å². The van der Waals surface area contributed by atoms with Crippen molar-refractivity contribution in [3.8, 4) is 61.8 Å². The summed E-state index contributed by atoms with van der Waals surface area (Å²) in [7, 11) is 0. The number of nitrogens with zero attached hydrogens (tertiary/aromatic N) is 10. The summed E-state index contributed by atoms with van der Waals surface area (Å²) < 4.78 is 16.9. The van der Waals surface area contributed by atoms with Crippen LogP contribution in [0.15, 0.2) is 272 Å². The molecular formula is C79H50N10O. The summed E-state index contributed by atoms with van der Waals surface area (Å²) >= 11 is 0. The van der Waals surface area contributed by atoms with Crippen molar-refractivity contribution in [1.29, 1.82) is 0 Å². The zero-order chi connectivity index (χ0) is 59.1. The van der Waals surface area contributed by atoms with Gasteiger partial charge in [0.05, 0.1) is 55.5 Å². The molecule has 0 N–H and O–H groups in total. The Balaban J connectivity index is 0.901. The molecule has 7 aromatic carbocycles. The number of furan rings is 1. The summed E-state index contributed by atoms with van der Waals surface area (Å²) in [5.41, 5.74) is 22.8. The monoisotopic (exact) mass is 1150 g/mol. The first-order chi connectivity index (χ1) is 44.5. The first kappa shape index (κ1) is 50.1. The van der Waals surface area contributed by atoms with Gasteiger partial charge in [-0.05, 0) is 151 Å². The van der Waals surface area contributed by atoms with Crippen LogP contribution in [0.3, 0.4) is 0 Å². The van der Waals surface area contributed by atoms with E-state index in [1.165, 1.54) is 0 Å². The van der Waals surface area contributed by atoms with Gasteiger partial charge in [-0.15, -0.1) is 0 Å². The van der Waals surface area contributed by atoms with Crippen molar-refractivity contribution in [2.45, 2.75) is 13.3 Å². The van der Waals surface area contributed by atoms with Gasteiger partial charge in [-0.1, -0.05) is 97.9 Å². The second kappa shape index (κ2) is 19.5. The normalized spacial score (nSPS) is 13.7. The van der Waals surface area contributed by atoms with Crippen LogP contribution in [-0.2, 0) is 0 Å². The number of fused-ring (bicyclic) bond motifs is 15. The minimum atomic E-state index is 0.412. The number of pyridine rings is 6. The third kappa shape index (κ3) is 7.53. The van der Waals surface area contributed by atoms with E-state index in [2.05, 4.69) is 259 Å². The molecule has 1 aliphatic carbocycles. The maximum absolute atomic E-state index is 7.55. The highest BCUT2D eigenvalue weighted by molar-refractivity contribution is 6.17. The van der Waals surface area contributed by atoms with Crippen molar-refractivity contribution in [3.63, 3.8) is 0 Å². The van der Waals surface area contributed by atoms with Crippen LogP contribution in [0.1, 0.15) is 13.3 Å². The van der Waals surface area contributed by atoms with Crippen molar-refractivity contribution in [2.24, 2.45) is 5.92 Å². The van der Waals surface area contributed by atoms with Gasteiger partial charge < -0.3 is 22.7 Å². The Morgan fingerprint density at radius 2 is 0.700 bits per heavy atom. The molecule has 0 bridgehead atoms. The lowest BCUT2D eigenvalue weighted by atomic mass is 9.98. The average Bonchev–Trinajstić information content (AvgIpc) is 1.62. The molecule has 18 aromatic rings. The van der Waals surface area contributed by atoms with Crippen LogP contribution >= 0.6 is 0 Å². The van der Waals surface area contributed by atoms with Crippen molar-refractivity contribution < 1.29 is 4.42 Å². The van der Waals surface area contributed by atoms with Crippen LogP contribution in [0.2, 0.25) is 0 Å². The van der Waals surface area contributed by atoms with E-state index >= 15 is 0 Å². The molecule has 0 radical (unpaired) electrons. The number of benzene rings is 7. The standard InChI is InChI=1S/C79H50N10O/c1-47-12-11-19-55(36-47)89-71-25-21-49(38-59(71)63-44-83-35-31-75(63)89)57-42-67(51-23-27-70-61(40-51)65-46-82-34-30-74(65)88(70)54-17-9-4-10-18-54)85-77-76-78(90-79(57)77)56(48-20-24-68-58(37-48)62-43-80-32-28-72(62)86(68)52-13-5-2-6-14-52)41-66(84-76)50-22-26-69-60(39-50)64-45-81-33-29-73(64)87(69)53-15-7-3-8-16-53/h2-11,13-47H,12H2,1H3. The minimum Gasteiger partial charge on any atom is -0.451 e. The second-order valence-electron chi connectivity index (χ2n) is 23.6. The van der Waals surface area contributed by atoms with Crippen molar-refractivity contribution >= 4 is 115 Å². The Morgan fingerprint density at radius 3 is 1.09 bits per heavy atom. The number of allylic oxidation sites excluding steroid dienone is 4. The maximum Gasteiger partial charge on any atom is 0.163 e. The zero-order valence-electron chi connectivity index (χ0n) is 48.6. The fourth-order valence-electron chi connectivity index (χ4n) is 14.4. The number of aromatic nitrogens is 10. The Hall–Kier alpha value is -12.1. The largest absolute Gasteiger partial charge is 0.451 e. The van der Waals surface area contributed by atoms with Crippen LogP contribution in [0.5, 0.6) is 0 Å². The van der Waals surface area contributed by atoms with E-state index in [4.69, 9.17) is 19.4 Å². The predicted octanol–water partition coefficient (Wildman–Crippen LogP) is 19.5. The molecule has 1 unspecified atom stereocenters. The lowest BCUT2D eigenvalue weighted by Crippen LogP contribution is -2.01. The van der Waals surface area contributed by atoms with E-state index in [1.807, 2.05) is 49.6 Å². The summed E-state index contributed by atoms with van der Waals surface area (Å²) in [5.74, 6) is 0.412. The number of hydrogen-bond acceptors (Lipinski definition) is 7. The van der Waals surface area contributed by atoms with Crippen LogP contribution in [0, 0.1) is 5.92 Å². The number of hydrogen-bond donors (Lipinski definition) is 0. The van der Waals surface area contributed by atoms with E-state index in [0.717, 1.165) is 161 Å². The smallest absolute Gasteiger partial charge is 0.163 e. The minimum absolute atomic E-state index is 0.412. The third-order valence-corrected chi connectivity index (χ3v) is 18.4. The zero-order valence-corrected chi connectivity index (χ0v) is 48.6. The molecule has 11 aromatic heterocycles. The Bertz CT molecular complexity index is 6090. The van der Waals surface area contributed by atoms with Crippen LogP contribution in [0.25, 0.3) is 177 Å². The molecule has 11 heterocycles. The summed E-state index contributed by atoms with van der Waals surface area (Å²) in [6, 6.07) is 71.3. The third-order valence-electron chi connectivity index (χ3n) is 18.4. The van der Waals surface area contributed by atoms with Gasteiger partial charge in [-0.25, -0.2) is 9.97 Å². The fraction of sp³-hybridized carbons (Fsp3) is 0.0380. The molecule has 11 nitrogen and oxygen atoms in total. The molecule has 0 fully saturated rings. The van der Waals surface area contributed by atoms with Crippen molar-refractivity contribution in [1.82, 2.24) is 48.2 Å². The number of rotatable bonds is 8. The lowest BCUT2D eigenvalue weighted by molar-refractivity contribution is 0.669. The van der Waals surface area contributed by atoms with Crippen LogP contribution < -0.4 is 0 Å². The van der Waals surface area contributed by atoms with Gasteiger partial charge in [0.1, 0.15) is 11.0 Å². The molecule has 11 heteroatoms. The van der Waals surface area contributed by atoms with Crippen LogP contribution in [0.4, 0.5) is 0 Å². The first-order valence-electron chi connectivity index (χ1n) is 30.4. The molecule has 1 atom stereocenters. The first-order valence-corrected chi connectivity index (χ1v) is 30.4. The molecule has 90 heavy (non-hydrogen) atoms. The molecule has 19 rings (SSSR count). The van der Waals surface area contributed by atoms with Gasteiger partial charge in [0.15, 0.2) is 11.2 Å². The highest BCUT2D eigenvalue weighted by atomic mass is 16.3. The highest BCUT2D eigenvalue weighted by Gasteiger charge is 2.26. The lowest BCUT2D eigenvalue weighted by Gasteiger charge is -2.15. The Labute approximate surface area is 514 Å². The molecule has 0 saturated heterocycles. The molecule has 0 spiro atoms. The summed E-state index contributed by atoms with van der Waals surface area (Å²) in [6.45, 7) is 2.28.